The summed E-state index contributed by atoms with van der Waals surface area (Å²) in [5, 5.41) is 0. The summed E-state index contributed by atoms with van der Waals surface area (Å²) < 4.78 is 66.9. The minimum Gasteiger partial charge on any atom is -0.367 e. The van der Waals surface area contributed by atoms with Crippen molar-refractivity contribution >= 4 is 5.69 Å². The third-order valence-corrected chi connectivity index (χ3v) is 3.07. The highest BCUT2D eigenvalue weighted by molar-refractivity contribution is 5.50. The molecule has 0 aliphatic carbocycles. The van der Waals surface area contributed by atoms with Gasteiger partial charge in [0, 0.05) is 13.1 Å². The van der Waals surface area contributed by atoms with Gasteiger partial charge >= 0.3 is 0 Å². The summed E-state index contributed by atoms with van der Waals surface area (Å²) in [4.78, 5) is 1.24. The smallest absolute Gasteiger partial charge is 0.200 e. The highest BCUT2D eigenvalue weighted by atomic mass is 19.2. The second-order valence-corrected chi connectivity index (χ2v) is 4.61. The van der Waals surface area contributed by atoms with Crippen molar-refractivity contribution in [3.8, 4) is 0 Å². The largest absolute Gasteiger partial charge is 0.367 e. The molecule has 0 heterocycles. The fourth-order valence-corrected chi connectivity index (χ4v) is 1.90. The third-order valence-electron chi connectivity index (χ3n) is 3.07. The van der Waals surface area contributed by atoms with Gasteiger partial charge in [-0.25, -0.2) is 22.0 Å². The molecule has 0 saturated carbocycles. The topological polar surface area (TPSA) is 3.24 Å². The van der Waals surface area contributed by atoms with Crippen LogP contribution in [0.5, 0.6) is 0 Å². The number of benzene rings is 1. The lowest BCUT2D eigenvalue weighted by Gasteiger charge is -2.26. The van der Waals surface area contributed by atoms with E-state index >= 15 is 0 Å². The Morgan fingerprint density at radius 1 is 0.650 bits per heavy atom. The van der Waals surface area contributed by atoms with Crippen LogP contribution in [0.1, 0.15) is 39.5 Å². The molecule has 0 aliphatic rings. The number of unbranched alkanes of at least 4 members (excludes halogenated alkanes) is 2. The van der Waals surface area contributed by atoms with Gasteiger partial charge in [0.1, 0.15) is 5.69 Å². The predicted octanol–water partition coefficient (Wildman–Crippen LogP) is 4.79. The number of hydrogen-bond acceptors (Lipinski definition) is 1. The van der Waals surface area contributed by atoms with Crippen LogP contribution in [0, 0.1) is 29.1 Å². The molecular weight excluding hydrogens is 277 g/mol. The van der Waals surface area contributed by atoms with E-state index in [4.69, 9.17) is 0 Å². The third kappa shape index (κ3) is 3.41. The molecule has 0 radical (unpaired) electrons. The average molecular weight is 295 g/mol. The summed E-state index contributed by atoms with van der Waals surface area (Å²) >= 11 is 0. The molecule has 0 aliphatic heterocycles. The van der Waals surface area contributed by atoms with Crippen molar-refractivity contribution in [3.05, 3.63) is 29.1 Å². The van der Waals surface area contributed by atoms with E-state index in [0.717, 1.165) is 12.8 Å². The monoisotopic (exact) mass is 295 g/mol. The fraction of sp³-hybridized carbons (Fsp3) is 0.571. The summed E-state index contributed by atoms with van der Waals surface area (Å²) in [7, 11) is 0. The van der Waals surface area contributed by atoms with E-state index in [2.05, 4.69) is 0 Å². The predicted molar refractivity (Wildman–Crippen MR) is 68.3 cm³/mol. The van der Waals surface area contributed by atoms with E-state index < -0.39 is 34.8 Å². The van der Waals surface area contributed by atoms with E-state index in [1.54, 1.807) is 0 Å². The second-order valence-electron chi connectivity index (χ2n) is 4.61. The molecule has 20 heavy (non-hydrogen) atoms. The zero-order chi connectivity index (χ0) is 15.3. The van der Waals surface area contributed by atoms with Crippen LogP contribution in [-0.4, -0.2) is 13.1 Å². The van der Waals surface area contributed by atoms with E-state index in [0.29, 0.717) is 12.8 Å². The van der Waals surface area contributed by atoms with Gasteiger partial charge < -0.3 is 4.90 Å². The Kier molecular flexibility index (Phi) is 6.23. The number of hydrogen-bond donors (Lipinski definition) is 0. The second kappa shape index (κ2) is 7.45. The zero-order valence-corrected chi connectivity index (χ0v) is 11.6. The molecule has 1 aromatic rings. The van der Waals surface area contributed by atoms with Crippen molar-refractivity contribution in [2.75, 3.05) is 18.0 Å². The Balaban J connectivity index is 3.24. The van der Waals surface area contributed by atoms with E-state index in [1.165, 1.54) is 4.90 Å². The van der Waals surface area contributed by atoms with Crippen molar-refractivity contribution in [1.29, 1.82) is 0 Å². The van der Waals surface area contributed by atoms with Crippen LogP contribution in [0.25, 0.3) is 0 Å². The van der Waals surface area contributed by atoms with Crippen molar-refractivity contribution in [1.82, 2.24) is 0 Å². The average Bonchev–Trinajstić information content (AvgIpc) is 2.45. The van der Waals surface area contributed by atoms with Crippen LogP contribution in [0.2, 0.25) is 0 Å². The maximum absolute atomic E-state index is 13.7. The SMILES string of the molecule is CCCCN(CCCC)c1c(F)c(F)c(F)c(F)c1F. The normalized spacial score (nSPS) is 10.9. The van der Waals surface area contributed by atoms with Crippen molar-refractivity contribution in [2.24, 2.45) is 0 Å². The highest BCUT2D eigenvalue weighted by Gasteiger charge is 2.28. The minimum absolute atomic E-state index is 0.259. The van der Waals surface area contributed by atoms with Crippen LogP contribution < -0.4 is 4.90 Å². The Hall–Kier alpha value is -1.33. The maximum Gasteiger partial charge on any atom is 0.200 e. The first-order valence-corrected chi connectivity index (χ1v) is 6.72. The quantitative estimate of drug-likeness (QED) is 0.397. The summed E-state index contributed by atoms with van der Waals surface area (Å²) in [5.74, 6) is -9.41. The van der Waals surface area contributed by atoms with E-state index in [-0.39, 0.29) is 13.1 Å². The lowest BCUT2D eigenvalue weighted by Crippen LogP contribution is -2.29. The van der Waals surface area contributed by atoms with E-state index in [1.807, 2.05) is 13.8 Å². The molecule has 0 atom stereocenters. The molecule has 0 N–H and O–H groups in total. The van der Waals surface area contributed by atoms with Gasteiger partial charge in [-0.05, 0) is 12.8 Å². The van der Waals surface area contributed by atoms with Gasteiger partial charge in [-0.2, -0.15) is 0 Å². The molecule has 1 rings (SSSR count). The summed E-state index contributed by atoms with van der Waals surface area (Å²) in [6, 6.07) is 0. The highest BCUT2D eigenvalue weighted by Crippen LogP contribution is 2.30. The Morgan fingerprint density at radius 2 is 1.00 bits per heavy atom. The van der Waals surface area contributed by atoms with Gasteiger partial charge in [0.25, 0.3) is 0 Å². The molecular formula is C14H18F5N. The van der Waals surface area contributed by atoms with Crippen LogP contribution in [0.4, 0.5) is 27.6 Å². The van der Waals surface area contributed by atoms with Crippen LogP contribution in [-0.2, 0) is 0 Å². The van der Waals surface area contributed by atoms with Crippen LogP contribution >= 0.6 is 0 Å². The Bertz CT molecular complexity index is 424. The first-order chi connectivity index (χ1) is 9.45. The first kappa shape index (κ1) is 16.7. The molecule has 0 saturated heterocycles. The molecule has 0 aromatic heterocycles. The summed E-state index contributed by atoms with van der Waals surface area (Å²) in [5.41, 5.74) is -0.816. The molecule has 114 valence electrons. The lowest BCUT2D eigenvalue weighted by molar-refractivity contribution is 0.377. The molecule has 6 heteroatoms. The molecule has 0 spiro atoms. The molecule has 1 nitrogen and oxygen atoms in total. The molecule has 0 unspecified atom stereocenters. The van der Waals surface area contributed by atoms with E-state index in [9.17, 15) is 22.0 Å². The number of nitrogens with zero attached hydrogens (tertiary/aromatic N) is 1. The number of halogens is 5. The standard InChI is InChI=1S/C14H18F5N/c1-3-5-7-20(8-6-4-2)14-12(18)10(16)9(15)11(17)13(14)19/h3-8H2,1-2H3. The number of rotatable bonds is 7. The Morgan fingerprint density at radius 3 is 1.35 bits per heavy atom. The van der Waals surface area contributed by atoms with Crippen molar-refractivity contribution < 1.29 is 22.0 Å². The molecule has 1 aromatic carbocycles. The lowest BCUT2D eigenvalue weighted by atomic mass is 10.2. The van der Waals surface area contributed by atoms with Crippen molar-refractivity contribution in [3.63, 3.8) is 0 Å². The summed E-state index contributed by atoms with van der Waals surface area (Å²) in [6.07, 6.45) is 2.75. The summed E-state index contributed by atoms with van der Waals surface area (Å²) in [6.45, 7) is 4.29. The van der Waals surface area contributed by atoms with Crippen LogP contribution in [0.15, 0.2) is 0 Å². The Labute approximate surface area is 115 Å². The maximum atomic E-state index is 13.7. The van der Waals surface area contributed by atoms with Gasteiger partial charge in [-0.15, -0.1) is 0 Å². The van der Waals surface area contributed by atoms with Gasteiger partial charge in [0.2, 0.25) is 5.82 Å². The fourth-order valence-electron chi connectivity index (χ4n) is 1.90. The van der Waals surface area contributed by atoms with Gasteiger partial charge in [-0.1, -0.05) is 26.7 Å². The minimum atomic E-state index is -2.12. The first-order valence-electron chi connectivity index (χ1n) is 6.72. The van der Waals surface area contributed by atoms with Gasteiger partial charge in [0.15, 0.2) is 23.3 Å². The molecule has 0 amide bonds. The molecule has 0 fully saturated rings. The number of anilines is 1. The van der Waals surface area contributed by atoms with Gasteiger partial charge in [-0.3, -0.25) is 0 Å². The van der Waals surface area contributed by atoms with Crippen molar-refractivity contribution in [2.45, 2.75) is 39.5 Å². The molecule has 0 bridgehead atoms. The van der Waals surface area contributed by atoms with Gasteiger partial charge in [0.05, 0.1) is 0 Å². The van der Waals surface area contributed by atoms with Crippen LogP contribution in [0.3, 0.4) is 0 Å². The zero-order valence-electron chi connectivity index (χ0n) is 11.6.